The Morgan fingerprint density at radius 2 is 2.12 bits per heavy atom. The molecule has 0 saturated carbocycles. The number of pyridine rings is 1. The van der Waals surface area contributed by atoms with E-state index in [-0.39, 0.29) is 5.02 Å². The van der Waals surface area contributed by atoms with Crippen LogP contribution >= 0.6 is 27.5 Å². The van der Waals surface area contributed by atoms with Crippen LogP contribution < -0.4 is 10.5 Å². The molecule has 0 bridgehead atoms. The molecule has 17 heavy (non-hydrogen) atoms. The predicted octanol–water partition coefficient (Wildman–Crippen LogP) is 4.01. The number of halogens is 3. The van der Waals surface area contributed by atoms with Crippen LogP contribution in [0.1, 0.15) is 0 Å². The highest BCUT2D eigenvalue weighted by molar-refractivity contribution is 9.10. The summed E-state index contributed by atoms with van der Waals surface area (Å²) in [6, 6.07) is 3.86. The number of rotatable bonds is 2. The van der Waals surface area contributed by atoms with Crippen molar-refractivity contribution in [1.29, 1.82) is 0 Å². The highest BCUT2D eigenvalue weighted by Crippen LogP contribution is 2.36. The first-order valence-electron chi connectivity index (χ1n) is 4.60. The van der Waals surface area contributed by atoms with Crippen molar-refractivity contribution in [1.82, 2.24) is 4.98 Å². The molecule has 1 heterocycles. The summed E-state index contributed by atoms with van der Waals surface area (Å²) in [6.45, 7) is 0. The van der Waals surface area contributed by atoms with Crippen LogP contribution in [0.4, 0.5) is 10.1 Å². The summed E-state index contributed by atoms with van der Waals surface area (Å²) < 4.78 is 19.0. The van der Waals surface area contributed by atoms with Crippen LogP contribution in [0, 0.1) is 5.82 Å². The molecule has 0 aliphatic rings. The van der Waals surface area contributed by atoms with E-state index in [1.807, 2.05) is 0 Å². The number of hydrogen-bond acceptors (Lipinski definition) is 3. The normalized spacial score (nSPS) is 10.3. The van der Waals surface area contributed by atoms with Crippen molar-refractivity contribution in [3.05, 3.63) is 45.9 Å². The molecule has 0 spiro atoms. The van der Waals surface area contributed by atoms with Gasteiger partial charge in [-0.2, -0.15) is 0 Å². The number of hydrogen-bond donors (Lipinski definition) is 1. The van der Waals surface area contributed by atoms with E-state index in [1.165, 1.54) is 24.4 Å². The van der Waals surface area contributed by atoms with Gasteiger partial charge < -0.3 is 10.5 Å². The average Bonchev–Trinajstić information content (AvgIpc) is 2.26. The number of nitrogens with two attached hydrogens (primary N) is 1. The molecule has 88 valence electrons. The fraction of sp³-hybridized carbons (Fsp3) is 0. The molecule has 0 aliphatic heterocycles. The number of nitrogens with zero attached hydrogens (tertiary/aromatic N) is 1. The number of nitrogen functional groups attached to an aromatic ring is 1. The minimum Gasteiger partial charge on any atom is -0.452 e. The molecule has 2 aromatic rings. The predicted molar refractivity (Wildman–Crippen MR) is 67.8 cm³/mol. The minimum absolute atomic E-state index is 0.174. The fourth-order valence-corrected chi connectivity index (χ4v) is 1.85. The summed E-state index contributed by atoms with van der Waals surface area (Å²) >= 11 is 9.11. The fourth-order valence-electron chi connectivity index (χ4n) is 1.21. The van der Waals surface area contributed by atoms with Crippen LogP contribution in [0.2, 0.25) is 5.02 Å². The largest absolute Gasteiger partial charge is 0.452 e. The number of anilines is 1. The quantitative estimate of drug-likeness (QED) is 0.910. The first kappa shape index (κ1) is 12.1. The maximum Gasteiger partial charge on any atom is 0.167 e. The molecule has 0 aliphatic carbocycles. The molecular formula is C11H7BrClFN2O. The first-order chi connectivity index (χ1) is 8.08. The summed E-state index contributed by atoms with van der Waals surface area (Å²) in [7, 11) is 0. The van der Waals surface area contributed by atoms with Gasteiger partial charge in [0.15, 0.2) is 5.75 Å². The molecule has 1 aromatic heterocycles. The highest BCUT2D eigenvalue weighted by atomic mass is 79.9. The van der Waals surface area contributed by atoms with E-state index in [2.05, 4.69) is 20.9 Å². The van der Waals surface area contributed by atoms with Gasteiger partial charge in [-0.25, -0.2) is 4.39 Å². The van der Waals surface area contributed by atoms with Crippen molar-refractivity contribution in [3.8, 4) is 11.5 Å². The van der Waals surface area contributed by atoms with Gasteiger partial charge >= 0.3 is 0 Å². The van der Waals surface area contributed by atoms with Gasteiger partial charge in [-0.05, 0) is 34.1 Å². The van der Waals surface area contributed by atoms with E-state index < -0.39 is 5.82 Å². The molecule has 2 N–H and O–H groups in total. The Hall–Kier alpha value is -1.33. The Bertz CT molecular complexity index is 545. The van der Waals surface area contributed by atoms with Gasteiger partial charge in [0.1, 0.15) is 11.6 Å². The second-order valence-corrected chi connectivity index (χ2v) is 4.48. The van der Waals surface area contributed by atoms with Crippen molar-refractivity contribution in [2.75, 3.05) is 5.73 Å². The Morgan fingerprint density at radius 3 is 2.76 bits per heavy atom. The third-order valence-corrected chi connectivity index (χ3v) is 2.85. The second-order valence-electron chi connectivity index (χ2n) is 3.22. The van der Waals surface area contributed by atoms with Crippen LogP contribution in [0.15, 0.2) is 35.1 Å². The highest BCUT2D eigenvalue weighted by Gasteiger charge is 2.10. The zero-order valence-electron chi connectivity index (χ0n) is 8.45. The van der Waals surface area contributed by atoms with Gasteiger partial charge in [-0.1, -0.05) is 11.6 Å². The molecule has 2 rings (SSSR count). The summed E-state index contributed by atoms with van der Waals surface area (Å²) in [5.74, 6) is 0.296. The maximum atomic E-state index is 12.9. The number of aromatic nitrogens is 1. The number of benzene rings is 1. The van der Waals surface area contributed by atoms with Crippen molar-refractivity contribution >= 4 is 33.2 Å². The van der Waals surface area contributed by atoms with Crippen molar-refractivity contribution in [3.63, 3.8) is 0 Å². The second kappa shape index (κ2) is 4.89. The standard InChI is InChI=1S/C11H7BrClFN2O/c12-7-4-16-5-9(15)11(7)17-10-2-1-6(14)3-8(10)13/h1-5H,15H2. The molecular weight excluding hydrogens is 310 g/mol. The van der Waals surface area contributed by atoms with Crippen LogP contribution in [0.3, 0.4) is 0 Å². The summed E-state index contributed by atoms with van der Waals surface area (Å²) in [5, 5.41) is 0.174. The van der Waals surface area contributed by atoms with Crippen molar-refractivity contribution < 1.29 is 9.13 Å². The van der Waals surface area contributed by atoms with Gasteiger partial charge in [0.2, 0.25) is 0 Å². The van der Waals surface area contributed by atoms with E-state index >= 15 is 0 Å². The maximum absolute atomic E-state index is 12.9. The Kier molecular flexibility index (Phi) is 3.49. The van der Waals surface area contributed by atoms with Gasteiger partial charge in [0.25, 0.3) is 0 Å². The lowest BCUT2D eigenvalue weighted by Gasteiger charge is -2.10. The molecule has 3 nitrogen and oxygen atoms in total. The zero-order chi connectivity index (χ0) is 12.4. The molecule has 1 aromatic carbocycles. The van der Waals surface area contributed by atoms with Gasteiger partial charge in [-0.15, -0.1) is 0 Å². The van der Waals surface area contributed by atoms with Gasteiger partial charge in [-0.3, -0.25) is 4.98 Å². The lowest BCUT2D eigenvalue weighted by atomic mass is 10.3. The molecule has 0 radical (unpaired) electrons. The molecule has 6 heteroatoms. The lowest BCUT2D eigenvalue weighted by molar-refractivity contribution is 0.479. The molecule has 0 fully saturated rings. The molecule has 0 saturated heterocycles. The third kappa shape index (κ3) is 2.68. The Labute approximate surface area is 110 Å². The Balaban J connectivity index is 2.38. The summed E-state index contributed by atoms with van der Waals surface area (Å²) in [5.41, 5.74) is 6.08. The molecule has 0 atom stereocenters. The topological polar surface area (TPSA) is 48.1 Å². The van der Waals surface area contributed by atoms with E-state index in [1.54, 1.807) is 6.20 Å². The zero-order valence-corrected chi connectivity index (χ0v) is 10.8. The lowest BCUT2D eigenvalue weighted by Crippen LogP contribution is -1.94. The van der Waals surface area contributed by atoms with Crippen molar-refractivity contribution in [2.45, 2.75) is 0 Å². The third-order valence-electron chi connectivity index (χ3n) is 1.99. The molecule has 0 unspecified atom stereocenters. The van der Waals surface area contributed by atoms with E-state index in [4.69, 9.17) is 22.1 Å². The summed E-state index contributed by atoms with van der Waals surface area (Å²) in [6.07, 6.45) is 3.00. The van der Waals surface area contributed by atoms with Crippen molar-refractivity contribution in [2.24, 2.45) is 0 Å². The van der Waals surface area contributed by atoms with Crippen LogP contribution in [-0.4, -0.2) is 4.98 Å². The monoisotopic (exact) mass is 316 g/mol. The molecule has 0 amide bonds. The van der Waals surface area contributed by atoms with E-state index in [0.29, 0.717) is 21.7 Å². The first-order valence-corrected chi connectivity index (χ1v) is 5.77. The van der Waals surface area contributed by atoms with Crippen LogP contribution in [0.5, 0.6) is 11.5 Å². The smallest absolute Gasteiger partial charge is 0.167 e. The van der Waals surface area contributed by atoms with Gasteiger partial charge in [0, 0.05) is 6.20 Å². The van der Waals surface area contributed by atoms with E-state index in [9.17, 15) is 4.39 Å². The summed E-state index contributed by atoms with van der Waals surface area (Å²) in [4.78, 5) is 3.88. The van der Waals surface area contributed by atoms with Crippen LogP contribution in [-0.2, 0) is 0 Å². The van der Waals surface area contributed by atoms with E-state index in [0.717, 1.165) is 0 Å². The SMILES string of the molecule is Nc1cncc(Br)c1Oc1ccc(F)cc1Cl. The van der Waals surface area contributed by atoms with Crippen LogP contribution in [0.25, 0.3) is 0 Å². The Morgan fingerprint density at radius 1 is 1.35 bits per heavy atom. The average molecular weight is 318 g/mol. The number of ether oxygens (including phenoxy) is 1. The van der Waals surface area contributed by atoms with Gasteiger partial charge in [0.05, 0.1) is 21.4 Å². The minimum atomic E-state index is -0.427.